The van der Waals surface area contributed by atoms with Crippen molar-refractivity contribution in [2.75, 3.05) is 7.05 Å². The maximum absolute atomic E-state index is 13.2. The van der Waals surface area contributed by atoms with Gasteiger partial charge in [0.25, 0.3) is 0 Å². The van der Waals surface area contributed by atoms with Crippen LogP contribution in [0.5, 0.6) is 0 Å². The monoisotopic (exact) mass is 318 g/mol. The fraction of sp³-hybridized carbons (Fsp3) is 0.846. The average Bonchev–Trinajstić information content (AvgIpc) is 2.25. The third-order valence-electron chi connectivity index (χ3n) is 2.56. The fourth-order valence-corrected chi connectivity index (χ4v) is 4.77. The van der Waals surface area contributed by atoms with E-state index in [1.165, 1.54) is 4.90 Å². The van der Waals surface area contributed by atoms with E-state index in [-0.39, 0.29) is 24.1 Å². The second-order valence-electron chi connectivity index (χ2n) is 5.69. The highest BCUT2D eigenvalue weighted by atomic mass is 31.2. The molecule has 0 heterocycles. The molecule has 0 saturated heterocycles. The highest BCUT2D eigenvalue weighted by Gasteiger charge is 2.43. The van der Waals surface area contributed by atoms with Crippen LogP contribution in [0.4, 0.5) is 0 Å². The number of guanidine groups is 1. The topological polar surface area (TPSA) is 101 Å². The Morgan fingerprint density at radius 1 is 1.19 bits per heavy atom. The molecule has 0 saturated carbocycles. The van der Waals surface area contributed by atoms with Crippen LogP contribution in [0, 0.1) is 17.4 Å². The first-order valence-electron chi connectivity index (χ1n) is 6.96. The van der Waals surface area contributed by atoms with E-state index < -0.39 is 13.4 Å². The summed E-state index contributed by atoms with van der Waals surface area (Å²) in [6.45, 7) is 10.9. The molecule has 0 fully saturated rings. The molecule has 0 rings (SSSR count). The molecule has 0 aliphatic carbocycles. The molecule has 122 valence electrons. The Morgan fingerprint density at radius 2 is 1.62 bits per heavy atom. The van der Waals surface area contributed by atoms with Crippen molar-refractivity contribution >= 4 is 13.6 Å². The number of nitriles is 1. The SMILES string of the molecule is CC(C)OP(=O)(OC(C)C)C(C(C)C)N(C)C(N)=NC#N. The molecule has 1 unspecified atom stereocenters. The third kappa shape index (κ3) is 6.04. The maximum atomic E-state index is 13.2. The van der Waals surface area contributed by atoms with Crippen LogP contribution in [-0.2, 0) is 13.6 Å². The summed E-state index contributed by atoms with van der Waals surface area (Å²) >= 11 is 0. The lowest BCUT2D eigenvalue weighted by Crippen LogP contribution is -2.45. The van der Waals surface area contributed by atoms with Gasteiger partial charge in [0.05, 0.1) is 12.2 Å². The summed E-state index contributed by atoms with van der Waals surface area (Å²) in [4.78, 5) is 4.98. The molecule has 0 aromatic rings. The molecule has 0 amide bonds. The van der Waals surface area contributed by atoms with Crippen molar-refractivity contribution < 1.29 is 13.6 Å². The molecule has 8 heteroatoms. The molecule has 0 aliphatic heterocycles. The van der Waals surface area contributed by atoms with Crippen molar-refractivity contribution in [3.05, 3.63) is 0 Å². The molecule has 7 nitrogen and oxygen atoms in total. The van der Waals surface area contributed by atoms with Crippen LogP contribution in [0.1, 0.15) is 41.5 Å². The van der Waals surface area contributed by atoms with E-state index in [0.29, 0.717) is 0 Å². The lowest BCUT2D eigenvalue weighted by molar-refractivity contribution is 0.120. The van der Waals surface area contributed by atoms with Gasteiger partial charge in [0.2, 0.25) is 12.2 Å². The number of aliphatic imine (C=N–C) groups is 1. The average molecular weight is 318 g/mol. The Morgan fingerprint density at radius 3 is 1.90 bits per heavy atom. The molecule has 0 bridgehead atoms. The summed E-state index contributed by atoms with van der Waals surface area (Å²) in [5.74, 6) is -0.721. The van der Waals surface area contributed by atoms with Crippen molar-refractivity contribution in [3.63, 3.8) is 0 Å². The molecule has 0 aromatic carbocycles. The molecular formula is C13H27N4O3P. The lowest BCUT2D eigenvalue weighted by atomic mass is 10.2. The van der Waals surface area contributed by atoms with Crippen LogP contribution >= 0.6 is 7.60 Å². The lowest BCUT2D eigenvalue weighted by Gasteiger charge is -2.37. The van der Waals surface area contributed by atoms with Gasteiger partial charge in [-0.25, -0.2) is 0 Å². The van der Waals surface area contributed by atoms with Crippen LogP contribution in [0.25, 0.3) is 0 Å². The molecule has 0 radical (unpaired) electrons. The Kier molecular flexibility index (Phi) is 7.94. The standard InChI is InChI=1S/C13H27N4O3P/c1-9(2)12(17(7)13(15)16-8-14)21(18,19-10(3)4)20-11(5)6/h9-12H,1-7H3,(H2,15,16). The molecule has 0 aromatic heterocycles. The highest BCUT2D eigenvalue weighted by Crippen LogP contribution is 2.58. The molecular weight excluding hydrogens is 291 g/mol. The van der Waals surface area contributed by atoms with Crippen LogP contribution < -0.4 is 5.73 Å². The minimum absolute atomic E-state index is 0.0175. The van der Waals surface area contributed by atoms with Crippen LogP contribution in [-0.4, -0.2) is 35.9 Å². The van der Waals surface area contributed by atoms with Gasteiger partial charge in [0.15, 0.2) is 0 Å². The van der Waals surface area contributed by atoms with E-state index in [0.717, 1.165) is 0 Å². The van der Waals surface area contributed by atoms with Gasteiger partial charge >= 0.3 is 7.60 Å². The predicted octanol–water partition coefficient (Wildman–Crippen LogP) is 2.74. The minimum Gasteiger partial charge on any atom is -0.369 e. The van der Waals surface area contributed by atoms with E-state index in [2.05, 4.69) is 4.99 Å². The second kappa shape index (κ2) is 8.38. The molecule has 0 spiro atoms. The molecule has 0 aliphatic rings. The van der Waals surface area contributed by atoms with Gasteiger partial charge in [0, 0.05) is 7.05 Å². The predicted molar refractivity (Wildman–Crippen MR) is 83.7 cm³/mol. The Hall–Kier alpha value is -1.09. The summed E-state index contributed by atoms with van der Waals surface area (Å²) < 4.78 is 24.5. The van der Waals surface area contributed by atoms with Gasteiger partial charge in [-0.3, -0.25) is 4.57 Å². The largest absolute Gasteiger partial charge is 0.369 e. The minimum atomic E-state index is -3.48. The summed E-state index contributed by atoms with van der Waals surface area (Å²) in [6.07, 6.45) is 1.09. The van der Waals surface area contributed by atoms with Crippen molar-refractivity contribution in [2.24, 2.45) is 16.6 Å². The van der Waals surface area contributed by atoms with Gasteiger partial charge in [0.1, 0.15) is 5.78 Å². The number of nitrogens with zero attached hydrogens (tertiary/aromatic N) is 3. The summed E-state index contributed by atoms with van der Waals surface area (Å²) in [5, 5.41) is 8.62. The van der Waals surface area contributed by atoms with E-state index in [1.807, 2.05) is 13.8 Å². The molecule has 21 heavy (non-hydrogen) atoms. The van der Waals surface area contributed by atoms with Gasteiger partial charge in [-0.15, -0.1) is 4.99 Å². The maximum Gasteiger partial charge on any atom is 0.353 e. The highest BCUT2D eigenvalue weighted by molar-refractivity contribution is 7.54. The zero-order valence-corrected chi connectivity index (χ0v) is 14.8. The van der Waals surface area contributed by atoms with Crippen LogP contribution in [0.2, 0.25) is 0 Å². The zero-order valence-electron chi connectivity index (χ0n) is 13.9. The first-order valence-corrected chi connectivity index (χ1v) is 8.58. The van der Waals surface area contributed by atoms with E-state index in [1.54, 1.807) is 40.9 Å². The Bertz CT molecular complexity index is 429. The number of nitrogens with two attached hydrogens (primary N) is 1. The van der Waals surface area contributed by atoms with Crippen molar-refractivity contribution in [1.29, 1.82) is 5.26 Å². The smallest absolute Gasteiger partial charge is 0.353 e. The Balaban J connectivity index is 5.69. The molecule has 1 atom stereocenters. The van der Waals surface area contributed by atoms with Gasteiger partial charge in [-0.2, -0.15) is 5.26 Å². The number of rotatable bonds is 7. The van der Waals surface area contributed by atoms with E-state index in [4.69, 9.17) is 20.0 Å². The first kappa shape index (κ1) is 19.9. The van der Waals surface area contributed by atoms with E-state index >= 15 is 0 Å². The van der Waals surface area contributed by atoms with Gasteiger partial charge < -0.3 is 19.7 Å². The summed E-state index contributed by atoms with van der Waals surface area (Å²) in [7, 11) is -1.85. The van der Waals surface area contributed by atoms with Gasteiger partial charge in [-0.05, 0) is 33.6 Å². The van der Waals surface area contributed by atoms with Crippen molar-refractivity contribution in [3.8, 4) is 6.19 Å². The van der Waals surface area contributed by atoms with E-state index in [9.17, 15) is 4.57 Å². The van der Waals surface area contributed by atoms with Crippen molar-refractivity contribution in [2.45, 2.75) is 59.5 Å². The fourth-order valence-electron chi connectivity index (χ4n) is 2.03. The number of hydrogen-bond donors (Lipinski definition) is 1. The quantitative estimate of drug-likeness (QED) is 0.335. The second-order valence-corrected chi connectivity index (χ2v) is 7.72. The Labute approximate surface area is 127 Å². The van der Waals surface area contributed by atoms with Crippen molar-refractivity contribution in [1.82, 2.24) is 4.90 Å². The zero-order chi connectivity index (χ0) is 16.8. The third-order valence-corrected chi connectivity index (χ3v) is 5.58. The van der Waals surface area contributed by atoms with Crippen LogP contribution in [0.3, 0.4) is 0 Å². The summed E-state index contributed by atoms with van der Waals surface area (Å²) in [6, 6.07) is 0. The normalized spacial score (nSPS) is 14.6. The number of hydrogen-bond acceptors (Lipinski definition) is 5. The summed E-state index contributed by atoms with van der Waals surface area (Å²) in [5.41, 5.74) is 5.75. The van der Waals surface area contributed by atoms with Crippen LogP contribution in [0.15, 0.2) is 4.99 Å². The first-order chi connectivity index (χ1) is 9.55. The molecule has 2 N–H and O–H groups in total. The van der Waals surface area contributed by atoms with Gasteiger partial charge in [-0.1, -0.05) is 13.8 Å².